The van der Waals surface area contributed by atoms with Gasteiger partial charge in [-0.3, -0.25) is 5.10 Å². The number of rotatable bonds is 2. The highest BCUT2D eigenvalue weighted by atomic mass is 35.5. The lowest BCUT2D eigenvalue weighted by Gasteiger charge is -2.06. The molecular weight excluding hydrogens is 281 g/mol. The molecule has 0 atom stereocenters. The topological polar surface area (TPSA) is 80.5 Å². The van der Waals surface area contributed by atoms with Gasteiger partial charge >= 0.3 is 0 Å². The van der Waals surface area contributed by atoms with Crippen molar-refractivity contribution in [3.63, 3.8) is 0 Å². The Hall–Kier alpha value is -2.47. The Morgan fingerprint density at radius 3 is 2.75 bits per heavy atom. The fourth-order valence-electron chi connectivity index (χ4n) is 1.97. The first kappa shape index (κ1) is 12.6. The summed E-state index contributed by atoms with van der Waals surface area (Å²) < 4.78 is 13.2. The lowest BCUT2D eigenvalue weighted by molar-refractivity contribution is 0.628. The molecule has 3 aromatic rings. The molecule has 0 bridgehead atoms. The van der Waals surface area contributed by atoms with Crippen LogP contribution in [0.2, 0.25) is 5.02 Å². The Kier molecular flexibility index (Phi) is 3.08. The summed E-state index contributed by atoms with van der Waals surface area (Å²) in [6, 6.07) is 5.89. The molecule has 3 rings (SSSR count). The van der Waals surface area contributed by atoms with E-state index in [0.29, 0.717) is 16.8 Å². The van der Waals surface area contributed by atoms with Crippen LogP contribution in [0.5, 0.6) is 0 Å². The van der Waals surface area contributed by atoms with Gasteiger partial charge in [-0.1, -0.05) is 11.6 Å². The van der Waals surface area contributed by atoms with Crippen molar-refractivity contribution in [1.29, 1.82) is 0 Å². The third-order valence-corrected chi connectivity index (χ3v) is 3.18. The van der Waals surface area contributed by atoms with Crippen LogP contribution in [-0.2, 0) is 0 Å². The van der Waals surface area contributed by atoms with Crippen LogP contribution in [0.25, 0.3) is 22.4 Å². The Bertz CT molecular complexity index is 757. The number of nitrogens with two attached hydrogens (primary N) is 1. The minimum Gasteiger partial charge on any atom is -0.382 e. The average molecular weight is 290 g/mol. The van der Waals surface area contributed by atoms with Gasteiger partial charge < -0.3 is 5.73 Å². The minimum absolute atomic E-state index is 0.265. The molecule has 0 saturated carbocycles. The molecule has 0 saturated heterocycles. The summed E-state index contributed by atoms with van der Waals surface area (Å²) in [6.45, 7) is 0. The SMILES string of the molecule is Nc1n[nH]c(-c2ccnnc2)c1-c1ccc(F)cc1Cl. The van der Waals surface area contributed by atoms with Crippen LogP contribution in [-0.4, -0.2) is 20.4 Å². The molecule has 0 radical (unpaired) electrons. The molecule has 3 N–H and O–H groups in total. The van der Waals surface area contributed by atoms with Gasteiger partial charge in [-0.25, -0.2) is 4.39 Å². The largest absolute Gasteiger partial charge is 0.382 e. The van der Waals surface area contributed by atoms with E-state index in [1.165, 1.54) is 12.1 Å². The Morgan fingerprint density at radius 1 is 1.20 bits per heavy atom. The molecule has 0 spiro atoms. The van der Waals surface area contributed by atoms with Gasteiger partial charge in [-0.2, -0.15) is 15.3 Å². The first-order valence-corrected chi connectivity index (χ1v) is 6.11. The molecule has 100 valence electrons. The standard InChI is InChI=1S/C13H9ClFN5/c14-10-5-8(15)1-2-9(10)11-12(19-20-13(11)16)7-3-4-17-18-6-7/h1-6H,(H3,16,19,20). The van der Waals surface area contributed by atoms with Gasteiger partial charge in [-0.15, -0.1) is 0 Å². The predicted octanol–water partition coefficient (Wildman–Crippen LogP) is 2.91. The van der Waals surface area contributed by atoms with E-state index in [-0.39, 0.29) is 10.8 Å². The maximum absolute atomic E-state index is 13.2. The zero-order valence-electron chi connectivity index (χ0n) is 10.1. The highest BCUT2D eigenvalue weighted by molar-refractivity contribution is 6.33. The van der Waals surface area contributed by atoms with Gasteiger partial charge in [0, 0.05) is 11.1 Å². The maximum Gasteiger partial charge on any atom is 0.153 e. The number of hydrogen-bond donors (Lipinski definition) is 2. The van der Waals surface area contributed by atoms with Crippen LogP contribution in [0.3, 0.4) is 0 Å². The second-order valence-corrected chi connectivity index (χ2v) is 4.52. The van der Waals surface area contributed by atoms with E-state index in [1.54, 1.807) is 24.5 Å². The van der Waals surface area contributed by atoms with Gasteiger partial charge in [-0.05, 0) is 24.3 Å². The van der Waals surface area contributed by atoms with Crippen LogP contribution in [0.1, 0.15) is 0 Å². The van der Waals surface area contributed by atoms with Gasteiger partial charge in [0.05, 0.1) is 28.7 Å². The summed E-state index contributed by atoms with van der Waals surface area (Å²) in [5, 5.41) is 14.6. The lowest BCUT2D eigenvalue weighted by Crippen LogP contribution is -1.91. The van der Waals surface area contributed by atoms with E-state index in [9.17, 15) is 4.39 Å². The van der Waals surface area contributed by atoms with Gasteiger partial charge in [0.25, 0.3) is 0 Å². The second-order valence-electron chi connectivity index (χ2n) is 4.11. The number of aromatic amines is 1. The molecule has 7 heteroatoms. The van der Waals surface area contributed by atoms with Crippen molar-refractivity contribution in [1.82, 2.24) is 20.4 Å². The van der Waals surface area contributed by atoms with Crippen LogP contribution in [0, 0.1) is 5.82 Å². The van der Waals surface area contributed by atoms with Crippen LogP contribution in [0.15, 0.2) is 36.7 Å². The molecular formula is C13H9ClFN5. The fraction of sp³-hybridized carbons (Fsp3) is 0. The molecule has 0 amide bonds. The number of halogens is 2. The smallest absolute Gasteiger partial charge is 0.153 e. The summed E-state index contributed by atoms with van der Waals surface area (Å²) in [5.74, 6) is -0.127. The zero-order chi connectivity index (χ0) is 14.1. The third kappa shape index (κ3) is 2.10. The molecule has 2 aromatic heterocycles. The molecule has 5 nitrogen and oxygen atoms in total. The van der Waals surface area contributed by atoms with Crippen molar-refractivity contribution in [3.8, 4) is 22.4 Å². The number of H-pyrrole nitrogens is 1. The molecule has 0 aliphatic heterocycles. The average Bonchev–Trinajstić information content (AvgIpc) is 2.82. The number of aromatic nitrogens is 4. The predicted molar refractivity (Wildman–Crippen MR) is 74.4 cm³/mol. The number of benzene rings is 1. The monoisotopic (exact) mass is 289 g/mol. The van der Waals surface area contributed by atoms with Crippen molar-refractivity contribution < 1.29 is 4.39 Å². The summed E-state index contributed by atoms with van der Waals surface area (Å²) in [7, 11) is 0. The molecule has 20 heavy (non-hydrogen) atoms. The molecule has 1 aromatic carbocycles. The Labute approximate surface area is 118 Å². The highest BCUT2D eigenvalue weighted by Crippen LogP contribution is 2.38. The van der Waals surface area contributed by atoms with E-state index in [4.69, 9.17) is 17.3 Å². The first-order chi connectivity index (χ1) is 9.66. The van der Waals surface area contributed by atoms with Crippen LogP contribution in [0.4, 0.5) is 10.2 Å². The van der Waals surface area contributed by atoms with Crippen LogP contribution < -0.4 is 5.73 Å². The van der Waals surface area contributed by atoms with Gasteiger partial charge in [0.2, 0.25) is 0 Å². The maximum atomic E-state index is 13.2. The Morgan fingerprint density at radius 2 is 2.05 bits per heavy atom. The number of nitrogens with zero attached hydrogens (tertiary/aromatic N) is 3. The molecule has 0 fully saturated rings. The second kappa shape index (κ2) is 4.90. The van der Waals surface area contributed by atoms with E-state index >= 15 is 0 Å². The van der Waals surface area contributed by atoms with Crippen LogP contribution >= 0.6 is 11.6 Å². The van der Waals surface area contributed by atoms with Gasteiger partial charge in [0.15, 0.2) is 5.82 Å². The highest BCUT2D eigenvalue weighted by Gasteiger charge is 2.17. The van der Waals surface area contributed by atoms with E-state index in [1.807, 2.05) is 0 Å². The number of anilines is 1. The van der Waals surface area contributed by atoms with Crippen molar-refractivity contribution in [2.75, 3.05) is 5.73 Å². The molecule has 0 aliphatic rings. The lowest BCUT2D eigenvalue weighted by atomic mass is 10.0. The normalized spacial score (nSPS) is 10.7. The number of nitrogen functional groups attached to an aromatic ring is 1. The summed E-state index contributed by atoms with van der Waals surface area (Å²) in [6.07, 6.45) is 3.14. The van der Waals surface area contributed by atoms with E-state index < -0.39 is 5.82 Å². The first-order valence-electron chi connectivity index (χ1n) is 5.73. The molecule has 0 aliphatic carbocycles. The third-order valence-electron chi connectivity index (χ3n) is 2.87. The molecule has 2 heterocycles. The van der Waals surface area contributed by atoms with E-state index in [0.717, 1.165) is 5.56 Å². The summed E-state index contributed by atoms with van der Waals surface area (Å²) in [4.78, 5) is 0. The number of hydrogen-bond acceptors (Lipinski definition) is 4. The fourth-order valence-corrected chi connectivity index (χ4v) is 2.23. The zero-order valence-corrected chi connectivity index (χ0v) is 10.9. The Balaban J connectivity index is 2.22. The van der Waals surface area contributed by atoms with Crippen molar-refractivity contribution in [2.45, 2.75) is 0 Å². The van der Waals surface area contributed by atoms with Crippen molar-refractivity contribution >= 4 is 17.4 Å². The molecule has 0 unspecified atom stereocenters. The van der Waals surface area contributed by atoms with Gasteiger partial charge in [0.1, 0.15) is 5.82 Å². The van der Waals surface area contributed by atoms with Crippen molar-refractivity contribution in [3.05, 3.63) is 47.5 Å². The minimum atomic E-state index is -0.409. The van der Waals surface area contributed by atoms with Crippen molar-refractivity contribution in [2.24, 2.45) is 0 Å². The van der Waals surface area contributed by atoms with E-state index in [2.05, 4.69) is 20.4 Å². The summed E-state index contributed by atoms with van der Waals surface area (Å²) >= 11 is 6.09. The quantitative estimate of drug-likeness (QED) is 0.760. The number of nitrogens with one attached hydrogen (secondary N) is 1. The summed E-state index contributed by atoms with van der Waals surface area (Å²) in [5.41, 5.74) is 8.53.